The first kappa shape index (κ1) is 23.1. The minimum absolute atomic E-state index is 0.156. The second kappa shape index (κ2) is 9.90. The van der Waals surface area contributed by atoms with Crippen molar-refractivity contribution < 1.29 is 4.79 Å². The fraction of sp³-hybridized carbons (Fsp3) is 0.185. The molecule has 172 valence electrons. The molecule has 1 aliphatic rings. The van der Waals surface area contributed by atoms with E-state index in [4.69, 9.17) is 16.6 Å². The molecule has 0 fully saturated rings. The molecule has 4 aromatic rings. The van der Waals surface area contributed by atoms with Crippen LogP contribution in [0.15, 0.2) is 65.7 Å². The summed E-state index contributed by atoms with van der Waals surface area (Å²) in [5.41, 5.74) is 6.21. The average molecular weight is 553 g/mol. The lowest BCUT2D eigenvalue weighted by Crippen LogP contribution is -2.13. The third-order valence-electron chi connectivity index (χ3n) is 5.98. The van der Waals surface area contributed by atoms with E-state index >= 15 is 0 Å². The van der Waals surface area contributed by atoms with Crippen LogP contribution in [0.25, 0.3) is 21.3 Å². The van der Waals surface area contributed by atoms with Gasteiger partial charge in [-0.3, -0.25) is 4.79 Å². The average Bonchev–Trinajstić information content (AvgIpc) is 3.21. The molecule has 2 aromatic heterocycles. The Labute approximate surface area is 216 Å². The van der Waals surface area contributed by atoms with Crippen molar-refractivity contribution in [3.63, 3.8) is 0 Å². The predicted molar refractivity (Wildman–Crippen MR) is 147 cm³/mol. The monoisotopic (exact) mass is 551 g/mol. The van der Waals surface area contributed by atoms with Gasteiger partial charge in [-0.25, -0.2) is 4.98 Å². The Hall–Kier alpha value is -2.67. The second-order valence-electron chi connectivity index (χ2n) is 8.24. The maximum atomic E-state index is 13.4. The molecule has 1 aliphatic carbocycles. The Morgan fingerprint density at radius 1 is 1.12 bits per heavy atom. The maximum Gasteiger partial charge on any atom is 0.267 e. The van der Waals surface area contributed by atoms with Crippen molar-refractivity contribution in [1.29, 1.82) is 0 Å². The predicted octanol–water partition coefficient (Wildman–Crippen LogP) is 8.11. The second-order valence-corrected chi connectivity index (χ2v) is 10.6. The number of hydrogen-bond acceptors (Lipinski definition) is 4. The van der Waals surface area contributed by atoms with Gasteiger partial charge in [0.15, 0.2) is 0 Å². The molecule has 0 saturated heterocycles. The number of carbonyl (C=O) groups is 1. The van der Waals surface area contributed by atoms with Gasteiger partial charge in [-0.05, 0) is 78.8 Å². The maximum absolute atomic E-state index is 13.4. The van der Waals surface area contributed by atoms with Crippen LogP contribution in [0.1, 0.15) is 33.8 Å². The molecule has 2 heterocycles. The number of amides is 1. The van der Waals surface area contributed by atoms with Gasteiger partial charge in [-0.1, -0.05) is 45.7 Å². The van der Waals surface area contributed by atoms with Gasteiger partial charge in [-0.2, -0.15) is 0 Å². The number of fused-ring (bicyclic) bond motifs is 2. The van der Waals surface area contributed by atoms with E-state index in [9.17, 15) is 4.79 Å². The van der Waals surface area contributed by atoms with Crippen LogP contribution in [0.2, 0.25) is 5.02 Å². The first-order chi connectivity index (χ1) is 16.5. The van der Waals surface area contributed by atoms with Crippen LogP contribution in [0.5, 0.6) is 0 Å². The molecule has 5 rings (SSSR count). The lowest BCUT2D eigenvalue weighted by Gasteiger charge is -2.21. The third kappa shape index (κ3) is 4.50. The summed E-state index contributed by atoms with van der Waals surface area (Å²) in [5, 5.41) is 8.18. The summed E-state index contributed by atoms with van der Waals surface area (Å²) in [5.74, 6) is -0.156. The molecule has 0 bridgehead atoms. The zero-order chi connectivity index (χ0) is 23.7. The van der Waals surface area contributed by atoms with Crippen molar-refractivity contribution in [2.24, 2.45) is 0 Å². The molecule has 0 saturated carbocycles. The molecule has 7 heteroatoms. The van der Waals surface area contributed by atoms with E-state index in [0.29, 0.717) is 16.4 Å². The molecule has 0 aliphatic heterocycles. The Balaban J connectivity index is 1.71. The third-order valence-corrected chi connectivity index (χ3v) is 7.84. The van der Waals surface area contributed by atoms with E-state index in [1.54, 1.807) is 6.08 Å². The lowest BCUT2D eigenvalue weighted by molar-refractivity contribution is 0.103. The number of anilines is 2. The highest BCUT2D eigenvalue weighted by atomic mass is 79.9. The number of nitrogens with one attached hydrogen (secondary N) is 2. The topological polar surface area (TPSA) is 54.0 Å². The lowest BCUT2D eigenvalue weighted by atomic mass is 9.87. The highest BCUT2D eigenvalue weighted by Gasteiger charge is 2.27. The molecule has 1 amide bonds. The normalized spacial score (nSPS) is 12.9. The smallest absolute Gasteiger partial charge is 0.267 e. The van der Waals surface area contributed by atoms with Gasteiger partial charge in [-0.15, -0.1) is 17.9 Å². The SMILES string of the molecule is C=CCNc1c(C(=O)Nc2ccc(Br)cc2)sc2nc3c(c(-c4ccc(Cl)cc4)c12)CCCC3. The van der Waals surface area contributed by atoms with Crippen molar-refractivity contribution in [2.45, 2.75) is 25.7 Å². The van der Waals surface area contributed by atoms with Crippen LogP contribution in [-0.2, 0) is 12.8 Å². The summed E-state index contributed by atoms with van der Waals surface area (Å²) >= 11 is 11.1. The van der Waals surface area contributed by atoms with Crippen molar-refractivity contribution >= 4 is 66.4 Å². The van der Waals surface area contributed by atoms with Crippen molar-refractivity contribution in [3.05, 3.63) is 86.8 Å². The fourth-order valence-electron chi connectivity index (χ4n) is 4.44. The number of pyridine rings is 1. The zero-order valence-corrected chi connectivity index (χ0v) is 21.6. The van der Waals surface area contributed by atoms with Gasteiger partial charge in [0.05, 0.1) is 5.69 Å². The Kier molecular flexibility index (Phi) is 6.73. The van der Waals surface area contributed by atoms with E-state index in [0.717, 1.165) is 68.6 Å². The van der Waals surface area contributed by atoms with Crippen LogP contribution >= 0.6 is 38.9 Å². The van der Waals surface area contributed by atoms with E-state index < -0.39 is 0 Å². The summed E-state index contributed by atoms with van der Waals surface area (Å²) in [6, 6.07) is 15.5. The first-order valence-electron chi connectivity index (χ1n) is 11.2. The molecule has 0 unspecified atom stereocenters. The van der Waals surface area contributed by atoms with Crippen LogP contribution in [0.4, 0.5) is 11.4 Å². The first-order valence-corrected chi connectivity index (χ1v) is 13.2. The zero-order valence-electron chi connectivity index (χ0n) is 18.5. The van der Waals surface area contributed by atoms with Crippen molar-refractivity contribution in [1.82, 2.24) is 4.98 Å². The van der Waals surface area contributed by atoms with E-state index in [1.807, 2.05) is 36.4 Å². The largest absolute Gasteiger partial charge is 0.380 e. The highest BCUT2D eigenvalue weighted by Crippen LogP contribution is 2.45. The Bertz CT molecular complexity index is 1380. The standard InChI is InChI=1S/C27H23BrClN3OS/c1-2-15-30-24-23-22(16-7-11-18(29)12-8-16)20-5-3-4-6-21(20)32-27(23)34-25(24)26(33)31-19-13-9-17(28)10-14-19/h2,7-14,30H,1,3-6,15H2,(H,31,33). The molecule has 2 N–H and O–H groups in total. The van der Waals surface area contributed by atoms with E-state index in [1.165, 1.54) is 16.9 Å². The number of halogens is 2. The number of aromatic nitrogens is 1. The van der Waals surface area contributed by atoms with Gasteiger partial charge in [0.25, 0.3) is 5.91 Å². The van der Waals surface area contributed by atoms with Gasteiger partial charge >= 0.3 is 0 Å². The van der Waals surface area contributed by atoms with Crippen LogP contribution in [-0.4, -0.2) is 17.4 Å². The number of nitrogens with zero attached hydrogens (tertiary/aromatic N) is 1. The van der Waals surface area contributed by atoms with E-state index in [2.05, 4.69) is 45.3 Å². The number of carbonyl (C=O) groups excluding carboxylic acids is 1. The number of aryl methyl sites for hydroxylation is 1. The van der Waals surface area contributed by atoms with Crippen LogP contribution in [0, 0.1) is 0 Å². The summed E-state index contributed by atoms with van der Waals surface area (Å²) in [4.78, 5) is 20.0. The van der Waals surface area contributed by atoms with Gasteiger partial charge < -0.3 is 10.6 Å². The van der Waals surface area contributed by atoms with Gasteiger partial charge in [0.2, 0.25) is 0 Å². The van der Waals surface area contributed by atoms with Crippen molar-refractivity contribution in [2.75, 3.05) is 17.2 Å². The van der Waals surface area contributed by atoms with Crippen molar-refractivity contribution in [3.8, 4) is 11.1 Å². The van der Waals surface area contributed by atoms with Gasteiger partial charge in [0.1, 0.15) is 9.71 Å². The summed E-state index contributed by atoms with van der Waals surface area (Å²) in [6.07, 6.45) is 6.01. The quantitative estimate of drug-likeness (QED) is 0.238. The summed E-state index contributed by atoms with van der Waals surface area (Å²) in [7, 11) is 0. The molecular formula is C27H23BrClN3OS. The Morgan fingerprint density at radius 2 is 1.85 bits per heavy atom. The summed E-state index contributed by atoms with van der Waals surface area (Å²) in [6.45, 7) is 4.40. The molecule has 0 spiro atoms. The number of benzene rings is 2. The van der Waals surface area contributed by atoms with E-state index in [-0.39, 0.29) is 5.91 Å². The number of hydrogen-bond donors (Lipinski definition) is 2. The Morgan fingerprint density at radius 3 is 2.59 bits per heavy atom. The minimum atomic E-state index is -0.156. The molecule has 2 aromatic carbocycles. The fourth-order valence-corrected chi connectivity index (χ4v) is 5.91. The van der Waals surface area contributed by atoms with Crippen LogP contribution < -0.4 is 10.6 Å². The highest BCUT2D eigenvalue weighted by molar-refractivity contribution is 9.10. The molecular weight excluding hydrogens is 530 g/mol. The summed E-state index contributed by atoms with van der Waals surface area (Å²) < 4.78 is 0.961. The number of thiophene rings is 1. The van der Waals surface area contributed by atoms with Gasteiger partial charge in [0, 0.05) is 32.8 Å². The molecule has 0 atom stereocenters. The number of rotatable bonds is 6. The molecule has 34 heavy (non-hydrogen) atoms. The van der Waals surface area contributed by atoms with Crippen LogP contribution in [0.3, 0.4) is 0 Å². The minimum Gasteiger partial charge on any atom is -0.380 e. The molecule has 4 nitrogen and oxygen atoms in total. The molecule has 0 radical (unpaired) electrons.